The van der Waals surface area contributed by atoms with Crippen molar-refractivity contribution in [2.75, 3.05) is 7.05 Å². The van der Waals surface area contributed by atoms with Crippen LogP contribution in [-0.4, -0.2) is 19.3 Å². The van der Waals surface area contributed by atoms with E-state index < -0.39 is 12.6 Å². The molecule has 3 unspecified atom stereocenters. The highest BCUT2D eigenvalue weighted by Crippen LogP contribution is 2.34. The molecule has 18 heavy (non-hydrogen) atoms. The molecule has 1 aliphatic carbocycles. The Labute approximate surface area is 109 Å². The maximum absolute atomic E-state index is 12.1. The van der Waals surface area contributed by atoms with E-state index in [1.165, 1.54) is 32.1 Å². The van der Waals surface area contributed by atoms with Gasteiger partial charge >= 0.3 is 6.18 Å². The molecule has 1 fully saturated rings. The molecule has 0 aromatic rings. The zero-order valence-corrected chi connectivity index (χ0v) is 11.5. The highest BCUT2D eigenvalue weighted by Gasteiger charge is 2.29. The third kappa shape index (κ3) is 5.59. The van der Waals surface area contributed by atoms with Crippen molar-refractivity contribution in [2.24, 2.45) is 11.8 Å². The van der Waals surface area contributed by atoms with Gasteiger partial charge in [-0.1, -0.05) is 26.2 Å². The fourth-order valence-electron chi connectivity index (χ4n) is 3.21. The molecular weight excluding hydrogens is 239 g/mol. The van der Waals surface area contributed by atoms with E-state index in [0.29, 0.717) is 12.3 Å². The molecule has 0 spiro atoms. The van der Waals surface area contributed by atoms with Crippen LogP contribution in [0.5, 0.6) is 0 Å². The van der Waals surface area contributed by atoms with Crippen molar-refractivity contribution in [3.63, 3.8) is 0 Å². The van der Waals surface area contributed by atoms with Gasteiger partial charge in [-0.2, -0.15) is 13.2 Å². The molecule has 0 radical (unpaired) electrons. The summed E-state index contributed by atoms with van der Waals surface area (Å²) in [4.78, 5) is 0. The van der Waals surface area contributed by atoms with E-state index in [2.05, 4.69) is 12.2 Å². The summed E-state index contributed by atoms with van der Waals surface area (Å²) in [6.07, 6.45) is 2.36. The van der Waals surface area contributed by atoms with Gasteiger partial charge in [0.05, 0.1) is 0 Å². The molecule has 108 valence electrons. The summed E-state index contributed by atoms with van der Waals surface area (Å²) in [6.45, 7) is 2.21. The molecule has 1 saturated carbocycles. The Morgan fingerprint density at radius 2 is 2.00 bits per heavy atom. The minimum atomic E-state index is -4.00. The van der Waals surface area contributed by atoms with Crippen LogP contribution < -0.4 is 5.32 Å². The predicted octanol–water partition coefficient (Wildman–Crippen LogP) is 4.52. The van der Waals surface area contributed by atoms with Crippen LogP contribution in [0.1, 0.15) is 58.3 Å². The number of alkyl halides is 3. The minimum absolute atomic E-state index is 0.252. The lowest BCUT2D eigenvalue weighted by Crippen LogP contribution is -2.36. The van der Waals surface area contributed by atoms with Crippen molar-refractivity contribution in [2.45, 2.75) is 70.5 Å². The Morgan fingerprint density at radius 1 is 1.28 bits per heavy atom. The smallest absolute Gasteiger partial charge is 0.317 e. The third-order valence-corrected chi connectivity index (χ3v) is 4.32. The maximum atomic E-state index is 12.1. The van der Waals surface area contributed by atoms with E-state index >= 15 is 0 Å². The molecule has 3 atom stereocenters. The lowest BCUT2D eigenvalue weighted by Gasteiger charge is -2.34. The number of rotatable bonds is 6. The zero-order chi connectivity index (χ0) is 13.6. The van der Waals surface area contributed by atoms with Crippen molar-refractivity contribution in [1.82, 2.24) is 5.32 Å². The highest BCUT2D eigenvalue weighted by molar-refractivity contribution is 4.81. The van der Waals surface area contributed by atoms with Gasteiger partial charge in [-0.05, 0) is 44.6 Å². The predicted molar refractivity (Wildman–Crippen MR) is 68.5 cm³/mol. The topological polar surface area (TPSA) is 12.0 Å². The molecule has 0 saturated heterocycles. The van der Waals surface area contributed by atoms with Gasteiger partial charge in [0.1, 0.15) is 0 Å². The molecule has 0 amide bonds. The number of halogens is 3. The maximum Gasteiger partial charge on any atom is 0.389 e. The largest absolute Gasteiger partial charge is 0.389 e. The van der Waals surface area contributed by atoms with Crippen LogP contribution in [0.25, 0.3) is 0 Å². The second-order valence-electron chi connectivity index (χ2n) is 5.60. The van der Waals surface area contributed by atoms with E-state index in [1.54, 1.807) is 0 Å². The van der Waals surface area contributed by atoms with Crippen molar-refractivity contribution < 1.29 is 13.2 Å². The molecule has 1 nitrogen and oxygen atoms in total. The third-order valence-electron chi connectivity index (χ3n) is 4.32. The lowest BCUT2D eigenvalue weighted by atomic mass is 9.76. The van der Waals surface area contributed by atoms with Crippen LogP contribution in [0.2, 0.25) is 0 Å². The van der Waals surface area contributed by atoms with Crippen LogP contribution in [0.4, 0.5) is 13.2 Å². The van der Waals surface area contributed by atoms with Crippen molar-refractivity contribution in [3.05, 3.63) is 0 Å². The zero-order valence-electron chi connectivity index (χ0n) is 11.5. The summed E-state index contributed by atoms with van der Waals surface area (Å²) in [5, 5.41) is 3.24. The van der Waals surface area contributed by atoms with E-state index in [9.17, 15) is 13.2 Å². The van der Waals surface area contributed by atoms with Crippen molar-refractivity contribution >= 4 is 0 Å². The Hall–Kier alpha value is -0.250. The van der Waals surface area contributed by atoms with Gasteiger partial charge in [0.25, 0.3) is 0 Å². The van der Waals surface area contributed by atoms with Gasteiger partial charge in [0.2, 0.25) is 0 Å². The molecule has 0 aromatic heterocycles. The van der Waals surface area contributed by atoms with Crippen LogP contribution in [0, 0.1) is 11.8 Å². The minimum Gasteiger partial charge on any atom is -0.317 e. The molecule has 0 aromatic carbocycles. The summed E-state index contributed by atoms with van der Waals surface area (Å²) in [5.74, 6) is 1.35. The van der Waals surface area contributed by atoms with E-state index in [1.807, 2.05) is 7.05 Å². The monoisotopic (exact) mass is 265 g/mol. The number of hydrogen-bond acceptors (Lipinski definition) is 1. The number of nitrogens with one attached hydrogen (secondary N) is 1. The second-order valence-corrected chi connectivity index (χ2v) is 5.60. The van der Waals surface area contributed by atoms with Crippen molar-refractivity contribution in [3.8, 4) is 0 Å². The first-order valence-electron chi connectivity index (χ1n) is 7.20. The van der Waals surface area contributed by atoms with Crippen LogP contribution >= 0.6 is 0 Å². The molecule has 1 aliphatic rings. The molecule has 4 heteroatoms. The summed E-state index contributed by atoms with van der Waals surface area (Å²) in [6, 6.07) is 0.265. The molecule has 1 N–H and O–H groups in total. The molecule has 0 heterocycles. The Kier molecular flexibility index (Phi) is 6.47. The molecule has 0 aliphatic heterocycles. The summed E-state index contributed by atoms with van der Waals surface area (Å²) < 4.78 is 36.4. The second kappa shape index (κ2) is 7.37. The van der Waals surface area contributed by atoms with E-state index in [0.717, 1.165) is 5.92 Å². The highest BCUT2D eigenvalue weighted by atomic mass is 19.4. The average Bonchev–Trinajstić information content (AvgIpc) is 2.33. The van der Waals surface area contributed by atoms with E-state index in [-0.39, 0.29) is 12.5 Å². The number of hydrogen-bond donors (Lipinski definition) is 1. The fourth-order valence-corrected chi connectivity index (χ4v) is 3.21. The molecule has 1 rings (SSSR count). The summed E-state index contributed by atoms with van der Waals surface area (Å²) >= 11 is 0. The molecule has 0 bridgehead atoms. The SMILES string of the molecule is CCC1CCCC(C(CCCC(F)(F)F)NC)C1. The summed E-state index contributed by atoms with van der Waals surface area (Å²) in [5.41, 5.74) is 0. The Bertz CT molecular complexity index is 228. The first-order valence-corrected chi connectivity index (χ1v) is 7.20. The van der Waals surface area contributed by atoms with Gasteiger partial charge in [-0.15, -0.1) is 0 Å². The Morgan fingerprint density at radius 3 is 2.56 bits per heavy atom. The van der Waals surface area contributed by atoms with Gasteiger partial charge in [0, 0.05) is 12.5 Å². The van der Waals surface area contributed by atoms with Crippen LogP contribution in [0.15, 0.2) is 0 Å². The van der Waals surface area contributed by atoms with Crippen LogP contribution in [0.3, 0.4) is 0 Å². The molecular formula is C14H26F3N. The van der Waals surface area contributed by atoms with Crippen LogP contribution in [-0.2, 0) is 0 Å². The van der Waals surface area contributed by atoms with Crippen molar-refractivity contribution in [1.29, 1.82) is 0 Å². The van der Waals surface area contributed by atoms with Gasteiger partial charge in [-0.25, -0.2) is 0 Å². The van der Waals surface area contributed by atoms with Gasteiger partial charge < -0.3 is 5.32 Å². The quantitative estimate of drug-likeness (QED) is 0.744. The average molecular weight is 265 g/mol. The van der Waals surface area contributed by atoms with Gasteiger partial charge in [0.15, 0.2) is 0 Å². The summed E-state index contributed by atoms with van der Waals surface area (Å²) in [7, 11) is 1.88. The first-order chi connectivity index (χ1) is 8.46. The fraction of sp³-hybridized carbons (Fsp3) is 1.00. The van der Waals surface area contributed by atoms with Gasteiger partial charge in [-0.3, -0.25) is 0 Å². The lowest BCUT2D eigenvalue weighted by molar-refractivity contribution is -0.136. The normalized spacial score (nSPS) is 27.2. The van der Waals surface area contributed by atoms with E-state index in [4.69, 9.17) is 0 Å². The standard InChI is InChI=1S/C14H26F3N/c1-3-11-6-4-7-12(10-11)13(18-2)8-5-9-14(15,16)17/h11-13,18H,3-10H2,1-2H3. The Balaban J connectivity index is 2.35. The first kappa shape index (κ1) is 15.8.